The molecule has 1 aromatic rings. The Balaban J connectivity index is 2.79. The van der Waals surface area contributed by atoms with Crippen LogP contribution in [0.15, 0.2) is 6.07 Å². The Bertz CT molecular complexity index is 529. The summed E-state index contributed by atoms with van der Waals surface area (Å²) in [5, 5.41) is 6.51. The van der Waals surface area contributed by atoms with Crippen molar-refractivity contribution in [1.82, 2.24) is 14.9 Å². The van der Waals surface area contributed by atoms with Gasteiger partial charge in [0.15, 0.2) is 5.82 Å². The summed E-state index contributed by atoms with van der Waals surface area (Å²) in [6.45, 7) is 5.85. The molecule has 0 aromatic carbocycles. The lowest BCUT2D eigenvalue weighted by molar-refractivity contribution is 0.177. The molecule has 0 aliphatic carbocycles. The van der Waals surface area contributed by atoms with E-state index in [4.69, 9.17) is 0 Å². The predicted octanol–water partition coefficient (Wildman–Crippen LogP) is 0.720. The van der Waals surface area contributed by atoms with Gasteiger partial charge < -0.3 is 4.74 Å². The van der Waals surface area contributed by atoms with Gasteiger partial charge in [0.2, 0.25) is 0 Å². The summed E-state index contributed by atoms with van der Waals surface area (Å²) in [5.41, 5.74) is 0.574. The second kappa shape index (κ2) is 4.84. The van der Waals surface area contributed by atoms with Crippen molar-refractivity contribution in [3.05, 3.63) is 11.8 Å². The van der Waals surface area contributed by atoms with E-state index in [-0.39, 0.29) is 11.2 Å². The molecule has 1 rings (SSSR count). The topological polar surface area (TPSA) is 113 Å². The molecule has 0 unspecified atom stereocenters. The van der Waals surface area contributed by atoms with Crippen LogP contribution >= 0.6 is 0 Å². The van der Waals surface area contributed by atoms with Crippen molar-refractivity contribution in [3.8, 4) is 0 Å². The molecule has 1 heterocycles. The van der Waals surface area contributed by atoms with E-state index in [9.17, 15) is 13.2 Å². The number of nitrogens with zero attached hydrogens (tertiary/aromatic N) is 1. The average molecular weight is 276 g/mol. The average Bonchev–Trinajstić information content (AvgIpc) is 2.63. The molecule has 0 spiro atoms. The van der Waals surface area contributed by atoms with Crippen LogP contribution in [-0.2, 0) is 20.4 Å². The van der Waals surface area contributed by atoms with Gasteiger partial charge in [-0.25, -0.2) is 14.2 Å². The summed E-state index contributed by atoms with van der Waals surface area (Å²) in [5.74, 6) is 0.0938. The van der Waals surface area contributed by atoms with Gasteiger partial charge in [0.05, 0.1) is 7.11 Å². The zero-order chi connectivity index (χ0) is 14.0. The number of carbonyl (C=O) groups excluding carboxylic acids is 1. The van der Waals surface area contributed by atoms with Crippen LogP contribution in [-0.4, -0.2) is 31.8 Å². The maximum absolute atomic E-state index is 11.5. The van der Waals surface area contributed by atoms with Crippen LogP contribution in [0.4, 0.5) is 10.6 Å². The number of H-pyrrole nitrogens is 1. The number of methoxy groups -OCH3 is 1. The first-order chi connectivity index (χ1) is 8.14. The van der Waals surface area contributed by atoms with Gasteiger partial charge >= 0.3 is 16.3 Å². The van der Waals surface area contributed by atoms with Crippen LogP contribution in [0.3, 0.4) is 0 Å². The number of nitrogens with one attached hydrogen (secondary N) is 3. The van der Waals surface area contributed by atoms with Crippen molar-refractivity contribution in [3.63, 3.8) is 0 Å². The van der Waals surface area contributed by atoms with E-state index in [0.717, 1.165) is 12.8 Å². The van der Waals surface area contributed by atoms with Gasteiger partial charge in [-0.2, -0.15) is 13.5 Å². The zero-order valence-corrected chi connectivity index (χ0v) is 11.4. The molecule has 0 aliphatic rings. The number of amides is 1. The molecular formula is C9H16N4O4S. The minimum absolute atomic E-state index is 0.0938. The fourth-order valence-corrected chi connectivity index (χ4v) is 1.81. The zero-order valence-electron chi connectivity index (χ0n) is 10.6. The summed E-state index contributed by atoms with van der Waals surface area (Å²) in [4.78, 5) is 10.8. The van der Waals surface area contributed by atoms with Crippen molar-refractivity contribution in [1.29, 1.82) is 0 Å². The predicted molar refractivity (Wildman–Crippen MR) is 65.4 cm³/mol. The molecular weight excluding hydrogens is 260 g/mol. The van der Waals surface area contributed by atoms with Gasteiger partial charge in [0.25, 0.3) is 0 Å². The van der Waals surface area contributed by atoms with Crippen LogP contribution in [0.5, 0.6) is 0 Å². The number of hydrogen-bond acceptors (Lipinski definition) is 5. The van der Waals surface area contributed by atoms with Crippen molar-refractivity contribution >= 4 is 22.1 Å². The highest BCUT2D eigenvalue weighted by Gasteiger charge is 2.20. The fraction of sp³-hybridized carbons (Fsp3) is 0.556. The summed E-state index contributed by atoms with van der Waals surface area (Å²) < 4.78 is 30.8. The molecule has 0 saturated carbocycles. The summed E-state index contributed by atoms with van der Waals surface area (Å²) in [6, 6.07) is 1.55. The smallest absolute Gasteiger partial charge is 0.422 e. The first kappa shape index (κ1) is 14.3. The Morgan fingerprint density at radius 2 is 2.06 bits per heavy atom. The van der Waals surface area contributed by atoms with E-state index in [2.05, 4.69) is 19.7 Å². The summed E-state index contributed by atoms with van der Waals surface area (Å²) in [6.07, 6.45) is -1.07. The fourth-order valence-electron chi connectivity index (χ4n) is 1.07. The van der Waals surface area contributed by atoms with Gasteiger partial charge in [-0.1, -0.05) is 20.8 Å². The summed E-state index contributed by atoms with van der Waals surface area (Å²) >= 11 is 0. The molecule has 1 amide bonds. The highest BCUT2D eigenvalue weighted by atomic mass is 32.2. The minimum atomic E-state index is -4.04. The van der Waals surface area contributed by atoms with Gasteiger partial charge in [0.1, 0.15) is 0 Å². The van der Waals surface area contributed by atoms with Crippen LogP contribution in [0.1, 0.15) is 26.5 Å². The normalized spacial score (nSPS) is 12.0. The van der Waals surface area contributed by atoms with Gasteiger partial charge in [-0.05, 0) is 0 Å². The quantitative estimate of drug-likeness (QED) is 0.752. The molecule has 3 N–H and O–H groups in total. The lowest BCUT2D eigenvalue weighted by atomic mass is 9.92. The molecule has 1 aromatic heterocycles. The molecule has 0 radical (unpaired) electrons. The Morgan fingerprint density at radius 3 is 2.50 bits per heavy atom. The van der Waals surface area contributed by atoms with Crippen molar-refractivity contribution < 1.29 is 17.9 Å². The molecule has 0 bridgehead atoms. The van der Waals surface area contributed by atoms with Crippen LogP contribution in [0.25, 0.3) is 0 Å². The van der Waals surface area contributed by atoms with Crippen molar-refractivity contribution in [2.45, 2.75) is 26.2 Å². The van der Waals surface area contributed by atoms with Gasteiger partial charge in [-0.15, -0.1) is 0 Å². The number of aromatic amines is 1. The first-order valence-electron chi connectivity index (χ1n) is 5.08. The molecule has 0 atom stereocenters. The van der Waals surface area contributed by atoms with Crippen molar-refractivity contribution in [2.75, 3.05) is 11.8 Å². The number of anilines is 1. The Kier molecular flexibility index (Phi) is 3.85. The molecule has 18 heavy (non-hydrogen) atoms. The molecule has 102 valence electrons. The van der Waals surface area contributed by atoms with Crippen LogP contribution in [0.2, 0.25) is 0 Å². The second-order valence-electron chi connectivity index (χ2n) is 4.62. The Morgan fingerprint density at radius 1 is 1.44 bits per heavy atom. The molecule has 0 fully saturated rings. The third-order valence-corrected chi connectivity index (χ3v) is 2.94. The maximum atomic E-state index is 11.5. The maximum Gasteiger partial charge on any atom is 0.422 e. The number of aromatic nitrogens is 2. The second-order valence-corrected chi connectivity index (χ2v) is 6.03. The molecule has 9 heteroatoms. The van der Waals surface area contributed by atoms with Crippen LogP contribution in [0, 0.1) is 0 Å². The third kappa shape index (κ3) is 3.91. The lowest BCUT2D eigenvalue weighted by Crippen LogP contribution is -2.35. The SMILES string of the molecule is COC(=O)NS(=O)(=O)Nc1cc(C(C)(C)C)[nH]n1. The van der Waals surface area contributed by atoms with E-state index in [1.165, 1.54) is 0 Å². The van der Waals surface area contributed by atoms with E-state index in [1.54, 1.807) is 10.8 Å². The lowest BCUT2D eigenvalue weighted by Gasteiger charge is -2.14. The highest BCUT2D eigenvalue weighted by molar-refractivity contribution is 7.91. The van der Waals surface area contributed by atoms with E-state index >= 15 is 0 Å². The number of rotatable bonds is 3. The monoisotopic (exact) mass is 276 g/mol. The third-order valence-electron chi connectivity index (χ3n) is 2.03. The number of ether oxygens (including phenoxy) is 1. The van der Waals surface area contributed by atoms with E-state index in [0.29, 0.717) is 0 Å². The number of hydrogen-bond donors (Lipinski definition) is 3. The molecule has 0 aliphatic heterocycles. The minimum Gasteiger partial charge on any atom is -0.452 e. The number of carbonyl (C=O) groups is 1. The standard InChI is InChI=1S/C9H16N4O4S/c1-9(2,3)6-5-7(11-10-6)12-18(15,16)13-8(14)17-4/h5H,1-4H3,(H,13,14)(H2,10,11,12). The van der Waals surface area contributed by atoms with Gasteiger partial charge in [-0.3, -0.25) is 5.10 Å². The summed E-state index contributed by atoms with van der Waals surface area (Å²) in [7, 11) is -2.97. The van der Waals surface area contributed by atoms with Crippen LogP contribution < -0.4 is 9.44 Å². The van der Waals surface area contributed by atoms with E-state index in [1.807, 2.05) is 20.8 Å². The highest BCUT2D eigenvalue weighted by Crippen LogP contribution is 2.22. The molecule has 8 nitrogen and oxygen atoms in total. The van der Waals surface area contributed by atoms with E-state index < -0.39 is 16.3 Å². The Hall–Kier alpha value is -1.77. The Labute approximate surface area is 105 Å². The van der Waals surface area contributed by atoms with Crippen molar-refractivity contribution in [2.24, 2.45) is 0 Å². The van der Waals surface area contributed by atoms with Gasteiger partial charge in [0, 0.05) is 17.2 Å². The molecule has 0 saturated heterocycles. The largest absolute Gasteiger partial charge is 0.452 e. The first-order valence-corrected chi connectivity index (χ1v) is 6.57.